The SMILES string of the molecule is Cc1nc(-n2ccc(OCc3ncon3)cc2=O)sc1C=O. The van der Waals surface area contributed by atoms with E-state index < -0.39 is 0 Å². The lowest BCUT2D eigenvalue weighted by Crippen LogP contribution is -2.16. The number of pyridine rings is 1. The molecule has 0 aromatic carbocycles. The summed E-state index contributed by atoms with van der Waals surface area (Å²) < 4.78 is 11.3. The van der Waals surface area contributed by atoms with E-state index in [0.717, 1.165) is 17.6 Å². The Morgan fingerprint density at radius 1 is 1.50 bits per heavy atom. The zero-order chi connectivity index (χ0) is 15.5. The number of nitrogens with zero attached hydrogens (tertiary/aromatic N) is 4. The summed E-state index contributed by atoms with van der Waals surface area (Å²) in [7, 11) is 0. The summed E-state index contributed by atoms with van der Waals surface area (Å²) in [5.41, 5.74) is 0.288. The quantitative estimate of drug-likeness (QED) is 0.655. The summed E-state index contributed by atoms with van der Waals surface area (Å²) >= 11 is 1.15. The van der Waals surface area contributed by atoms with Crippen LogP contribution in [0.15, 0.2) is 34.0 Å². The third-order valence-electron chi connectivity index (χ3n) is 2.80. The van der Waals surface area contributed by atoms with Gasteiger partial charge in [0.25, 0.3) is 5.56 Å². The Bertz CT molecular complexity index is 853. The van der Waals surface area contributed by atoms with Crippen LogP contribution in [0.1, 0.15) is 21.2 Å². The molecule has 0 atom stereocenters. The van der Waals surface area contributed by atoms with Gasteiger partial charge in [0.2, 0.25) is 12.2 Å². The molecule has 3 aromatic heterocycles. The Balaban J connectivity index is 1.82. The van der Waals surface area contributed by atoms with Crippen LogP contribution in [0.2, 0.25) is 0 Å². The third kappa shape index (κ3) is 2.79. The number of hydrogen-bond acceptors (Lipinski definition) is 8. The predicted octanol–water partition coefficient (Wildman–Crippen LogP) is 1.38. The molecule has 9 heteroatoms. The first kappa shape index (κ1) is 14.1. The van der Waals surface area contributed by atoms with Crippen LogP contribution < -0.4 is 10.3 Å². The Morgan fingerprint density at radius 3 is 3.00 bits per heavy atom. The standard InChI is InChI=1S/C13H10N4O4S/c1-8-10(5-18)22-13(15-8)17-3-2-9(4-12(17)19)20-6-11-14-7-21-16-11/h2-5,7H,6H2,1H3. The first-order valence-electron chi connectivity index (χ1n) is 6.21. The van der Waals surface area contributed by atoms with Gasteiger partial charge in [0.05, 0.1) is 10.6 Å². The lowest BCUT2D eigenvalue weighted by atomic mass is 10.4. The van der Waals surface area contributed by atoms with Gasteiger partial charge in [-0.3, -0.25) is 14.2 Å². The van der Waals surface area contributed by atoms with Crippen molar-refractivity contribution in [2.75, 3.05) is 0 Å². The van der Waals surface area contributed by atoms with Crippen molar-refractivity contribution in [2.45, 2.75) is 13.5 Å². The average Bonchev–Trinajstić information content (AvgIpc) is 3.14. The summed E-state index contributed by atoms with van der Waals surface area (Å²) in [5, 5.41) is 4.04. The molecule has 0 N–H and O–H groups in total. The van der Waals surface area contributed by atoms with E-state index in [0.29, 0.717) is 27.3 Å². The maximum atomic E-state index is 12.1. The molecule has 0 fully saturated rings. The monoisotopic (exact) mass is 318 g/mol. The molecular weight excluding hydrogens is 308 g/mol. The molecular formula is C13H10N4O4S. The molecule has 0 aliphatic carbocycles. The van der Waals surface area contributed by atoms with Crippen LogP contribution in [0.25, 0.3) is 5.13 Å². The normalized spacial score (nSPS) is 10.6. The number of hydrogen-bond donors (Lipinski definition) is 0. The highest BCUT2D eigenvalue weighted by atomic mass is 32.1. The van der Waals surface area contributed by atoms with Crippen molar-refractivity contribution < 1.29 is 14.1 Å². The highest BCUT2D eigenvalue weighted by Gasteiger charge is 2.10. The van der Waals surface area contributed by atoms with Gasteiger partial charge in [0.1, 0.15) is 5.75 Å². The van der Waals surface area contributed by atoms with E-state index in [1.807, 2.05) is 0 Å². The van der Waals surface area contributed by atoms with Gasteiger partial charge < -0.3 is 9.26 Å². The fourth-order valence-electron chi connectivity index (χ4n) is 1.72. The van der Waals surface area contributed by atoms with E-state index in [9.17, 15) is 9.59 Å². The minimum absolute atomic E-state index is 0.103. The van der Waals surface area contributed by atoms with Crippen molar-refractivity contribution in [3.63, 3.8) is 0 Å². The van der Waals surface area contributed by atoms with Crippen molar-refractivity contribution >= 4 is 17.6 Å². The Hall–Kier alpha value is -2.81. The van der Waals surface area contributed by atoms with Crippen LogP contribution in [-0.2, 0) is 6.61 Å². The van der Waals surface area contributed by atoms with Gasteiger partial charge in [0.15, 0.2) is 18.0 Å². The van der Waals surface area contributed by atoms with E-state index in [1.54, 1.807) is 19.2 Å². The predicted molar refractivity (Wildman–Crippen MR) is 76.5 cm³/mol. The van der Waals surface area contributed by atoms with Crippen LogP contribution >= 0.6 is 11.3 Å². The summed E-state index contributed by atoms with van der Waals surface area (Å²) in [6.45, 7) is 1.82. The van der Waals surface area contributed by atoms with Gasteiger partial charge in [-0.1, -0.05) is 16.5 Å². The molecule has 0 aliphatic heterocycles. The smallest absolute Gasteiger partial charge is 0.260 e. The van der Waals surface area contributed by atoms with Gasteiger partial charge in [-0.25, -0.2) is 4.98 Å². The molecule has 8 nitrogen and oxygen atoms in total. The topological polar surface area (TPSA) is 100 Å². The summed E-state index contributed by atoms with van der Waals surface area (Å²) in [6.07, 6.45) is 3.47. The van der Waals surface area contributed by atoms with Crippen LogP contribution in [0.3, 0.4) is 0 Å². The fraction of sp³-hybridized carbons (Fsp3) is 0.154. The van der Waals surface area contributed by atoms with Gasteiger partial charge >= 0.3 is 0 Å². The minimum atomic E-state index is -0.309. The van der Waals surface area contributed by atoms with Crippen molar-refractivity contribution in [2.24, 2.45) is 0 Å². The first-order chi connectivity index (χ1) is 10.7. The molecule has 0 amide bonds. The molecule has 0 saturated carbocycles. The molecule has 3 aromatic rings. The second kappa shape index (κ2) is 5.90. The van der Waals surface area contributed by atoms with E-state index >= 15 is 0 Å². The number of aryl methyl sites for hydroxylation is 1. The molecule has 112 valence electrons. The third-order valence-corrected chi connectivity index (χ3v) is 3.88. The van der Waals surface area contributed by atoms with Crippen LogP contribution in [0.4, 0.5) is 0 Å². The number of ether oxygens (including phenoxy) is 1. The number of rotatable bonds is 5. The summed E-state index contributed by atoms with van der Waals surface area (Å²) in [6, 6.07) is 2.95. The average molecular weight is 318 g/mol. The second-order valence-electron chi connectivity index (χ2n) is 4.27. The van der Waals surface area contributed by atoms with Crippen molar-refractivity contribution in [1.82, 2.24) is 19.7 Å². The Labute approximate surface area is 128 Å². The van der Waals surface area contributed by atoms with Crippen molar-refractivity contribution in [3.05, 3.63) is 51.5 Å². The van der Waals surface area contributed by atoms with E-state index in [2.05, 4.69) is 19.6 Å². The maximum absolute atomic E-state index is 12.1. The minimum Gasteiger partial charge on any atom is -0.485 e. The molecule has 0 unspecified atom stereocenters. The van der Waals surface area contributed by atoms with Crippen molar-refractivity contribution in [3.8, 4) is 10.9 Å². The summed E-state index contributed by atoms with van der Waals surface area (Å²) in [5.74, 6) is 0.769. The molecule has 0 saturated heterocycles. The lowest BCUT2D eigenvalue weighted by Gasteiger charge is -2.05. The van der Waals surface area contributed by atoms with E-state index in [-0.39, 0.29) is 12.2 Å². The molecule has 0 radical (unpaired) electrons. The largest absolute Gasteiger partial charge is 0.485 e. The lowest BCUT2D eigenvalue weighted by molar-refractivity contribution is 0.112. The summed E-state index contributed by atoms with van der Waals surface area (Å²) in [4.78, 5) is 31.5. The Kier molecular flexibility index (Phi) is 3.79. The van der Waals surface area contributed by atoms with Crippen LogP contribution in [-0.4, -0.2) is 26.0 Å². The highest BCUT2D eigenvalue weighted by Crippen LogP contribution is 2.19. The molecule has 0 aliphatic rings. The van der Waals surface area contributed by atoms with E-state index in [4.69, 9.17) is 4.74 Å². The van der Waals surface area contributed by atoms with Gasteiger partial charge in [-0.2, -0.15) is 4.98 Å². The van der Waals surface area contributed by atoms with E-state index in [1.165, 1.54) is 17.0 Å². The second-order valence-corrected chi connectivity index (χ2v) is 5.28. The molecule has 3 heterocycles. The number of aldehydes is 1. The number of carbonyl (C=O) groups is 1. The van der Waals surface area contributed by atoms with Crippen molar-refractivity contribution in [1.29, 1.82) is 0 Å². The van der Waals surface area contributed by atoms with Gasteiger partial charge in [-0.15, -0.1) is 0 Å². The first-order valence-corrected chi connectivity index (χ1v) is 7.03. The van der Waals surface area contributed by atoms with Crippen LogP contribution in [0, 0.1) is 6.92 Å². The fourth-order valence-corrected chi connectivity index (χ4v) is 2.59. The van der Waals surface area contributed by atoms with Crippen LogP contribution in [0.5, 0.6) is 5.75 Å². The zero-order valence-corrected chi connectivity index (χ0v) is 12.2. The molecule has 3 rings (SSSR count). The molecule has 22 heavy (non-hydrogen) atoms. The zero-order valence-electron chi connectivity index (χ0n) is 11.4. The Morgan fingerprint density at radius 2 is 2.36 bits per heavy atom. The number of thiazole rings is 1. The molecule has 0 spiro atoms. The van der Waals surface area contributed by atoms with Gasteiger partial charge in [-0.05, 0) is 13.0 Å². The number of carbonyl (C=O) groups excluding carboxylic acids is 1. The van der Waals surface area contributed by atoms with Gasteiger partial charge in [0, 0.05) is 12.3 Å². The number of aromatic nitrogens is 4. The molecule has 0 bridgehead atoms. The highest BCUT2D eigenvalue weighted by molar-refractivity contribution is 7.15. The maximum Gasteiger partial charge on any atom is 0.260 e.